The predicted molar refractivity (Wildman–Crippen MR) is 76.2 cm³/mol. The Hall–Kier alpha value is -1.49. The zero-order valence-corrected chi connectivity index (χ0v) is 12.8. The summed E-state index contributed by atoms with van der Waals surface area (Å²) in [5, 5.41) is 8.82. The third kappa shape index (κ3) is 2.93. The monoisotopic (exact) mass is 311 g/mol. The van der Waals surface area contributed by atoms with E-state index in [1.54, 1.807) is 6.07 Å². The van der Waals surface area contributed by atoms with Crippen molar-refractivity contribution >= 4 is 10.0 Å². The average molecular weight is 311 g/mol. The van der Waals surface area contributed by atoms with E-state index in [2.05, 4.69) is 0 Å². The number of nitriles is 1. The summed E-state index contributed by atoms with van der Waals surface area (Å²) in [4.78, 5) is -0.0632. The van der Waals surface area contributed by atoms with E-state index in [9.17, 15) is 12.8 Å². The SMILES string of the molecule is CC1(C)CN(S(=O)(=O)c2ccc(F)c(C#N)c2)CCC1N. The molecule has 1 aliphatic heterocycles. The van der Waals surface area contributed by atoms with Gasteiger partial charge >= 0.3 is 0 Å². The van der Waals surface area contributed by atoms with Gasteiger partial charge in [-0.15, -0.1) is 0 Å². The van der Waals surface area contributed by atoms with Crippen LogP contribution in [0.25, 0.3) is 0 Å². The molecule has 2 N–H and O–H groups in total. The second-order valence-corrected chi connectivity index (χ2v) is 7.91. The van der Waals surface area contributed by atoms with Gasteiger partial charge in [0, 0.05) is 19.1 Å². The molecule has 0 saturated carbocycles. The summed E-state index contributed by atoms with van der Waals surface area (Å²) in [6, 6.07) is 4.86. The van der Waals surface area contributed by atoms with Crippen molar-refractivity contribution in [1.29, 1.82) is 5.26 Å². The molecular formula is C14H18FN3O2S. The zero-order chi connectivity index (χ0) is 15.8. The number of rotatable bonds is 2. The lowest BCUT2D eigenvalue weighted by Gasteiger charge is -2.41. The van der Waals surface area contributed by atoms with E-state index in [-0.39, 0.29) is 21.9 Å². The van der Waals surface area contributed by atoms with Crippen LogP contribution in [0.4, 0.5) is 4.39 Å². The van der Waals surface area contributed by atoms with E-state index in [4.69, 9.17) is 11.0 Å². The van der Waals surface area contributed by atoms with Crippen LogP contribution in [0.5, 0.6) is 0 Å². The van der Waals surface area contributed by atoms with Crippen LogP contribution in [0.3, 0.4) is 0 Å². The Morgan fingerprint density at radius 1 is 1.48 bits per heavy atom. The third-order valence-corrected chi connectivity index (χ3v) is 5.81. The molecule has 5 nitrogen and oxygen atoms in total. The van der Waals surface area contributed by atoms with E-state index < -0.39 is 15.8 Å². The molecule has 1 unspecified atom stereocenters. The van der Waals surface area contributed by atoms with Crippen LogP contribution in [-0.4, -0.2) is 31.9 Å². The van der Waals surface area contributed by atoms with Gasteiger partial charge in [-0.2, -0.15) is 9.57 Å². The van der Waals surface area contributed by atoms with E-state index in [1.807, 2.05) is 13.8 Å². The Morgan fingerprint density at radius 3 is 2.71 bits per heavy atom. The lowest BCUT2D eigenvalue weighted by atomic mass is 9.81. The van der Waals surface area contributed by atoms with Crippen LogP contribution in [0, 0.1) is 22.6 Å². The summed E-state index contributed by atoms with van der Waals surface area (Å²) >= 11 is 0. The van der Waals surface area contributed by atoms with Crippen molar-refractivity contribution < 1.29 is 12.8 Å². The maximum atomic E-state index is 13.3. The van der Waals surface area contributed by atoms with Gasteiger partial charge in [-0.3, -0.25) is 0 Å². The number of nitrogens with two attached hydrogens (primary N) is 1. The van der Waals surface area contributed by atoms with Gasteiger partial charge in [0.2, 0.25) is 10.0 Å². The lowest BCUT2D eigenvalue weighted by molar-refractivity contribution is 0.155. The van der Waals surface area contributed by atoms with Gasteiger partial charge in [-0.05, 0) is 30.0 Å². The van der Waals surface area contributed by atoms with E-state index >= 15 is 0 Å². The van der Waals surface area contributed by atoms with Crippen LogP contribution >= 0.6 is 0 Å². The molecule has 2 rings (SSSR count). The highest BCUT2D eigenvalue weighted by Gasteiger charge is 2.38. The number of hydrogen-bond acceptors (Lipinski definition) is 4. The first-order valence-corrected chi connectivity index (χ1v) is 8.08. The minimum atomic E-state index is -3.75. The molecule has 1 aliphatic rings. The molecular weight excluding hydrogens is 293 g/mol. The van der Waals surface area contributed by atoms with Gasteiger partial charge in [0.25, 0.3) is 0 Å². The van der Waals surface area contributed by atoms with E-state index in [0.29, 0.717) is 19.5 Å². The highest BCUT2D eigenvalue weighted by molar-refractivity contribution is 7.89. The van der Waals surface area contributed by atoms with Crippen LogP contribution in [0.2, 0.25) is 0 Å². The minimum Gasteiger partial charge on any atom is -0.327 e. The normalized spacial score (nSPS) is 22.7. The maximum Gasteiger partial charge on any atom is 0.243 e. The molecule has 1 atom stereocenters. The molecule has 1 heterocycles. The van der Waals surface area contributed by atoms with Gasteiger partial charge in [0.1, 0.15) is 11.9 Å². The smallest absolute Gasteiger partial charge is 0.243 e. The predicted octanol–water partition coefficient (Wildman–Crippen LogP) is 1.45. The van der Waals surface area contributed by atoms with Gasteiger partial charge in [0.05, 0.1) is 10.5 Å². The topological polar surface area (TPSA) is 87.2 Å². The number of piperidine rings is 1. The highest BCUT2D eigenvalue weighted by Crippen LogP contribution is 2.31. The van der Waals surface area contributed by atoms with Crippen molar-refractivity contribution in [2.45, 2.75) is 31.2 Å². The Labute approximate surface area is 124 Å². The lowest BCUT2D eigenvalue weighted by Crippen LogP contribution is -2.53. The molecule has 1 fully saturated rings. The largest absolute Gasteiger partial charge is 0.327 e. The number of nitrogens with zero attached hydrogens (tertiary/aromatic N) is 2. The molecule has 0 amide bonds. The van der Waals surface area contributed by atoms with Crippen molar-refractivity contribution in [2.75, 3.05) is 13.1 Å². The van der Waals surface area contributed by atoms with Gasteiger partial charge in [-0.1, -0.05) is 13.8 Å². The quantitative estimate of drug-likeness (QED) is 0.895. The Balaban J connectivity index is 2.37. The molecule has 1 saturated heterocycles. The van der Waals surface area contributed by atoms with Crippen molar-refractivity contribution in [3.63, 3.8) is 0 Å². The molecule has 0 aliphatic carbocycles. The summed E-state index contributed by atoms with van der Waals surface area (Å²) in [6.07, 6.45) is 0.568. The first-order valence-electron chi connectivity index (χ1n) is 6.64. The van der Waals surface area contributed by atoms with E-state index in [0.717, 1.165) is 12.1 Å². The second kappa shape index (κ2) is 5.37. The molecule has 7 heteroatoms. The van der Waals surface area contributed by atoms with Crippen LogP contribution in [0.15, 0.2) is 23.1 Å². The van der Waals surface area contributed by atoms with Crippen LogP contribution in [0.1, 0.15) is 25.8 Å². The zero-order valence-electron chi connectivity index (χ0n) is 12.0. The molecule has 0 bridgehead atoms. The Morgan fingerprint density at radius 2 is 2.14 bits per heavy atom. The highest BCUT2D eigenvalue weighted by atomic mass is 32.2. The molecule has 114 valence electrons. The van der Waals surface area contributed by atoms with Crippen LogP contribution < -0.4 is 5.73 Å². The van der Waals surface area contributed by atoms with Gasteiger partial charge in [0.15, 0.2) is 0 Å². The van der Waals surface area contributed by atoms with Crippen molar-refractivity contribution in [3.05, 3.63) is 29.6 Å². The van der Waals surface area contributed by atoms with Crippen molar-refractivity contribution in [3.8, 4) is 6.07 Å². The minimum absolute atomic E-state index is 0.0631. The first kappa shape index (κ1) is 15.9. The number of halogens is 1. The molecule has 1 aromatic rings. The molecule has 0 radical (unpaired) electrons. The molecule has 21 heavy (non-hydrogen) atoms. The summed E-state index contributed by atoms with van der Waals surface area (Å²) in [6.45, 7) is 4.47. The molecule has 0 spiro atoms. The first-order chi connectivity index (χ1) is 9.68. The van der Waals surface area contributed by atoms with Gasteiger partial charge in [-0.25, -0.2) is 12.8 Å². The summed E-state index contributed by atoms with van der Waals surface area (Å²) in [5.41, 5.74) is 5.40. The number of benzene rings is 1. The average Bonchev–Trinajstić information content (AvgIpc) is 2.42. The standard InChI is InChI=1S/C14H18FN3O2S/c1-14(2)9-18(6-5-13(14)17)21(19,20)11-3-4-12(15)10(7-11)8-16/h3-4,7,13H,5-6,9,17H2,1-2H3. The number of sulfonamides is 1. The van der Waals surface area contributed by atoms with Crippen LogP contribution in [-0.2, 0) is 10.0 Å². The maximum absolute atomic E-state index is 13.3. The summed E-state index contributed by atoms with van der Waals surface area (Å²) in [5.74, 6) is -0.725. The molecule has 1 aromatic carbocycles. The van der Waals surface area contributed by atoms with E-state index in [1.165, 1.54) is 10.4 Å². The number of hydrogen-bond donors (Lipinski definition) is 1. The van der Waals surface area contributed by atoms with Gasteiger partial charge < -0.3 is 5.73 Å². The Kier molecular flexibility index (Phi) is 4.06. The van der Waals surface area contributed by atoms with Crippen molar-refractivity contribution in [2.24, 2.45) is 11.1 Å². The summed E-state index contributed by atoms with van der Waals surface area (Å²) in [7, 11) is -3.75. The van der Waals surface area contributed by atoms with Crippen molar-refractivity contribution in [1.82, 2.24) is 4.31 Å². The third-order valence-electron chi connectivity index (χ3n) is 3.97. The fourth-order valence-corrected chi connectivity index (χ4v) is 4.08. The second-order valence-electron chi connectivity index (χ2n) is 5.98. The molecule has 0 aromatic heterocycles. The summed E-state index contributed by atoms with van der Waals surface area (Å²) < 4.78 is 39.9. The fraction of sp³-hybridized carbons (Fsp3) is 0.500. The fourth-order valence-electron chi connectivity index (χ4n) is 2.43. The Bertz CT molecular complexity index is 695.